The number of ether oxygens (including phenoxy) is 1. The molecule has 6 nitrogen and oxygen atoms in total. The van der Waals surface area contributed by atoms with Crippen LogP contribution < -0.4 is 9.04 Å². The van der Waals surface area contributed by atoms with Crippen molar-refractivity contribution < 1.29 is 36.2 Å². The van der Waals surface area contributed by atoms with Crippen LogP contribution in [0.4, 0.5) is 18.9 Å². The first-order chi connectivity index (χ1) is 15.3. The Morgan fingerprint density at radius 1 is 1.15 bits per heavy atom. The zero-order chi connectivity index (χ0) is 24.8. The van der Waals surface area contributed by atoms with Crippen LogP contribution in [0.5, 0.6) is 5.75 Å². The molecule has 0 radical (unpaired) electrons. The number of alkyl halides is 3. The Labute approximate surface area is 191 Å². The molecule has 0 unspecified atom stereocenters. The SMILES string of the molecule is CCCS(=O)(=O)N(c1ccc(C(F)(F)F)cc1OCc1ccc(/C=C/C(=O)O)cc1)C(C)C. The van der Waals surface area contributed by atoms with Crippen LogP contribution in [0.1, 0.15) is 43.9 Å². The van der Waals surface area contributed by atoms with Crippen LogP contribution in [-0.2, 0) is 27.6 Å². The quantitative estimate of drug-likeness (QED) is 0.460. The number of carbonyl (C=O) groups is 1. The van der Waals surface area contributed by atoms with Crippen molar-refractivity contribution in [2.75, 3.05) is 10.1 Å². The first kappa shape index (κ1) is 26.2. The second-order valence-corrected chi connectivity index (χ2v) is 9.55. The van der Waals surface area contributed by atoms with Crippen molar-refractivity contribution in [1.82, 2.24) is 0 Å². The number of carboxylic acid groups (broad SMARTS) is 1. The van der Waals surface area contributed by atoms with E-state index in [0.29, 0.717) is 17.5 Å². The average molecular weight is 486 g/mol. The number of sulfonamides is 1. The minimum Gasteiger partial charge on any atom is -0.487 e. The summed E-state index contributed by atoms with van der Waals surface area (Å²) in [4.78, 5) is 10.6. The van der Waals surface area contributed by atoms with Gasteiger partial charge in [0.15, 0.2) is 0 Å². The normalized spacial score (nSPS) is 12.3. The Morgan fingerprint density at radius 2 is 1.79 bits per heavy atom. The molecule has 180 valence electrons. The molecule has 2 aromatic rings. The van der Waals surface area contributed by atoms with Crippen molar-refractivity contribution >= 4 is 27.8 Å². The first-order valence-electron chi connectivity index (χ1n) is 10.2. The minimum absolute atomic E-state index is 0.0347. The average Bonchev–Trinajstić information content (AvgIpc) is 2.71. The van der Waals surface area contributed by atoms with E-state index in [-0.39, 0.29) is 23.8 Å². The predicted molar refractivity (Wildman–Crippen MR) is 121 cm³/mol. The largest absolute Gasteiger partial charge is 0.487 e. The highest BCUT2D eigenvalue weighted by atomic mass is 32.2. The maximum absolute atomic E-state index is 13.3. The van der Waals surface area contributed by atoms with Gasteiger partial charge in [-0.15, -0.1) is 0 Å². The summed E-state index contributed by atoms with van der Waals surface area (Å²) in [5.41, 5.74) is 0.315. The summed E-state index contributed by atoms with van der Waals surface area (Å²) in [6.07, 6.45) is -1.89. The summed E-state index contributed by atoms with van der Waals surface area (Å²) >= 11 is 0. The molecule has 0 spiro atoms. The molecule has 0 bridgehead atoms. The van der Waals surface area contributed by atoms with E-state index >= 15 is 0 Å². The number of rotatable bonds is 10. The van der Waals surface area contributed by atoms with Crippen molar-refractivity contribution in [3.63, 3.8) is 0 Å². The number of halogens is 3. The molecular weight excluding hydrogens is 459 g/mol. The lowest BCUT2D eigenvalue weighted by molar-refractivity contribution is -0.137. The third kappa shape index (κ3) is 7.24. The third-order valence-corrected chi connectivity index (χ3v) is 6.69. The molecule has 1 N–H and O–H groups in total. The van der Waals surface area contributed by atoms with Gasteiger partial charge in [-0.1, -0.05) is 31.2 Å². The summed E-state index contributed by atoms with van der Waals surface area (Å²) in [7, 11) is -3.78. The number of aliphatic carboxylic acids is 1. The van der Waals surface area contributed by atoms with E-state index in [1.54, 1.807) is 45.0 Å². The Balaban J connectivity index is 2.41. The molecule has 2 aromatic carbocycles. The molecule has 2 rings (SSSR count). The first-order valence-corrected chi connectivity index (χ1v) is 11.8. The van der Waals surface area contributed by atoms with Crippen LogP contribution in [0, 0.1) is 0 Å². The molecule has 0 heterocycles. The zero-order valence-electron chi connectivity index (χ0n) is 18.5. The number of anilines is 1. The highest BCUT2D eigenvalue weighted by Gasteiger charge is 2.34. The van der Waals surface area contributed by atoms with Crippen molar-refractivity contribution in [3.05, 3.63) is 65.2 Å². The molecular formula is C23H26F3NO5S. The topological polar surface area (TPSA) is 83.9 Å². The fraction of sp³-hybridized carbons (Fsp3) is 0.348. The van der Waals surface area contributed by atoms with Gasteiger partial charge in [-0.25, -0.2) is 13.2 Å². The molecule has 0 fully saturated rings. The second kappa shape index (κ2) is 10.7. The van der Waals surface area contributed by atoms with E-state index in [2.05, 4.69) is 0 Å². The fourth-order valence-corrected chi connectivity index (χ4v) is 4.95. The lowest BCUT2D eigenvalue weighted by Crippen LogP contribution is -2.38. The second-order valence-electron chi connectivity index (χ2n) is 7.59. The smallest absolute Gasteiger partial charge is 0.416 e. The van der Waals surface area contributed by atoms with E-state index < -0.39 is 33.8 Å². The Bertz CT molecular complexity index is 1090. The van der Waals surface area contributed by atoms with E-state index in [9.17, 15) is 26.4 Å². The number of benzene rings is 2. The lowest BCUT2D eigenvalue weighted by Gasteiger charge is -2.30. The van der Waals surface area contributed by atoms with Crippen LogP contribution >= 0.6 is 0 Å². The van der Waals surface area contributed by atoms with Crippen LogP contribution in [0.25, 0.3) is 6.08 Å². The summed E-state index contributed by atoms with van der Waals surface area (Å²) < 4.78 is 72.4. The molecule has 0 atom stereocenters. The maximum Gasteiger partial charge on any atom is 0.416 e. The number of carboxylic acids is 1. The highest BCUT2D eigenvalue weighted by molar-refractivity contribution is 7.92. The minimum atomic E-state index is -4.63. The van der Waals surface area contributed by atoms with Gasteiger partial charge in [0.05, 0.1) is 17.0 Å². The summed E-state index contributed by atoms with van der Waals surface area (Å²) in [6.45, 7) is 4.86. The Hall–Kier alpha value is -3.01. The van der Waals surface area contributed by atoms with Crippen molar-refractivity contribution in [2.45, 2.75) is 46.0 Å². The van der Waals surface area contributed by atoms with Crippen molar-refractivity contribution in [1.29, 1.82) is 0 Å². The summed E-state index contributed by atoms with van der Waals surface area (Å²) in [5.74, 6) is -1.45. The molecule has 0 amide bonds. The van der Waals surface area contributed by atoms with Crippen molar-refractivity contribution in [2.24, 2.45) is 0 Å². The monoisotopic (exact) mass is 485 g/mol. The van der Waals surface area contributed by atoms with Crippen LogP contribution in [0.3, 0.4) is 0 Å². The molecule has 33 heavy (non-hydrogen) atoms. The van der Waals surface area contributed by atoms with Gasteiger partial charge < -0.3 is 9.84 Å². The molecule has 0 aliphatic heterocycles. The molecule has 0 aromatic heterocycles. The van der Waals surface area contributed by atoms with Gasteiger partial charge in [0.25, 0.3) is 0 Å². The lowest BCUT2D eigenvalue weighted by atomic mass is 10.1. The Morgan fingerprint density at radius 3 is 2.30 bits per heavy atom. The van der Waals surface area contributed by atoms with Crippen LogP contribution in [-0.4, -0.2) is 31.3 Å². The molecule has 0 aliphatic rings. The number of hydrogen-bond donors (Lipinski definition) is 1. The predicted octanol–water partition coefficient (Wildman–Crippen LogP) is 5.34. The summed E-state index contributed by atoms with van der Waals surface area (Å²) in [6, 6.07) is 8.77. The molecule has 10 heteroatoms. The van der Waals surface area contributed by atoms with Gasteiger partial charge in [0.2, 0.25) is 10.0 Å². The van der Waals surface area contributed by atoms with Crippen molar-refractivity contribution in [3.8, 4) is 5.75 Å². The third-order valence-electron chi connectivity index (χ3n) is 4.55. The number of hydrogen-bond acceptors (Lipinski definition) is 4. The van der Waals surface area contributed by atoms with E-state index in [1.807, 2.05) is 0 Å². The maximum atomic E-state index is 13.3. The summed E-state index contributed by atoms with van der Waals surface area (Å²) in [5, 5.41) is 8.69. The van der Waals surface area contributed by atoms with Gasteiger partial charge in [0.1, 0.15) is 12.4 Å². The van der Waals surface area contributed by atoms with Gasteiger partial charge >= 0.3 is 12.1 Å². The van der Waals surface area contributed by atoms with E-state index in [4.69, 9.17) is 9.84 Å². The van der Waals surface area contributed by atoms with Gasteiger partial charge in [-0.3, -0.25) is 4.31 Å². The zero-order valence-corrected chi connectivity index (χ0v) is 19.3. The molecule has 0 saturated carbocycles. The Kier molecular flexibility index (Phi) is 8.54. The number of nitrogens with zero attached hydrogens (tertiary/aromatic N) is 1. The standard InChI is InChI=1S/C23H26F3NO5S/c1-4-13-33(30,31)27(16(2)3)20-11-10-19(23(24,25)26)14-21(20)32-15-18-7-5-17(6-8-18)9-12-22(28)29/h5-12,14,16H,4,13,15H2,1-3H3,(H,28,29)/b12-9+. The van der Waals surface area contributed by atoms with Gasteiger partial charge in [-0.05, 0) is 55.7 Å². The van der Waals surface area contributed by atoms with Gasteiger partial charge in [-0.2, -0.15) is 13.2 Å². The fourth-order valence-electron chi connectivity index (χ4n) is 3.15. The highest BCUT2D eigenvalue weighted by Crippen LogP contribution is 2.39. The molecule has 0 saturated heterocycles. The molecule has 0 aliphatic carbocycles. The van der Waals surface area contributed by atoms with Gasteiger partial charge in [0, 0.05) is 12.1 Å². The van der Waals surface area contributed by atoms with Crippen LogP contribution in [0.2, 0.25) is 0 Å². The van der Waals surface area contributed by atoms with E-state index in [0.717, 1.165) is 28.6 Å². The van der Waals surface area contributed by atoms with Crippen LogP contribution in [0.15, 0.2) is 48.5 Å². The van der Waals surface area contributed by atoms with E-state index in [1.165, 1.54) is 6.08 Å².